The van der Waals surface area contributed by atoms with Crippen LogP contribution >= 0.6 is 0 Å². The van der Waals surface area contributed by atoms with Crippen LogP contribution in [0.15, 0.2) is 29.3 Å². The fourth-order valence-electron chi connectivity index (χ4n) is 3.88. The van der Waals surface area contributed by atoms with Gasteiger partial charge in [-0.25, -0.2) is 14.6 Å². The molecule has 2 aliphatic rings. The molecule has 7 nitrogen and oxygen atoms in total. The molecule has 25 heavy (non-hydrogen) atoms. The molecule has 0 N–H and O–H groups in total. The van der Waals surface area contributed by atoms with Gasteiger partial charge in [0, 0.05) is 62.9 Å². The molecule has 0 bridgehead atoms. The van der Waals surface area contributed by atoms with E-state index in [-0.39, 0.29) is 5.56 Å². The molecule has 7 heteroatoms. The lowest BCUT2D eigenvalue weighted by atomic mass is 10.0. The number of nitrogens with zero attached hydrogens (tertiary/aromatic N) is 6. The standard InChI is InChI=1S/C18H24N6O/c1-12(2)15-6-17(20-11-19-15)24-9-13-7-23(8-14(13)10-24)16-4-5-18(25)22(3)21-16/h4-6,11-14H,7-10H2,1-3H3. The first-order valence-corrected chi connectivity index (χ1v) is 8.87. The van der Waals surface area contributed by atoms with Crippen LogP contribution in [0.3, 0.4) is 0 Å². The van der Waals surface area contributed by atoms with Crippen LogP contribution in [0.25, 0.3) is 0 Å². The van der Waals surface area contributed by atoms with Crippen molar-refractivity contribution in [1.82, 2.24) is 19.7 Å². The molecule has 2 atom stereocenters. The Morgan fingerprint density at radius 3 is 2.24 bits per heavy atom. The molecule has 0 spiro atoms. The van der Waals surface area contributed by atoms with Crippen molar-refractivity contribution in [2.24, 2.45) is 18.9 Å². The second kappa shape index (κ2) is 6.13. The van der Waals surface area contributed by atoms with Crippen molar-refractivity contribution in [2.45, 2.75) is 19.8 Å². The average Bonchev–Trinajstić information content (AvgIpc) is 3.16. The zero-order valence-corrected chi connectivity index (χ0v) is 15.0. The fraction of sp³-hybridized carbons (Fsp3) is 0.556. The Morgan fingerprint density at radius 2 is 1.64 bits per heavy atom. The van der Waals surface area contributed by atoms with E-state index in [4.69, 9.17) is 0 Å². The van der Waals surface area contributed by atoms with E-state index in [2.05, 4.69) is 44.8 Å². The summed E-state index contributed by atoms with van der Waals surface area (Å²) in [4.78, 5) is 25.0. The van der Waals surface area contributed by atoms with Crippen molar-refractivity contribution in [3.63, 3.8) is 0 Å². The molecule has 132 valence electrons. The maximum Gasteiger partial charge on any atom is 0.266 e. The van der Waals surface area contributed by atoms with Crippen molar-refractivity contribution >= 4 is 11.6 Å². The number of rotatable bonds is 3. The van der Waals surface area contributed by atoms with Gasteiger partial charge in [-0.15, -0.1) is 0 Å². The molecule has 2 aliphatic heterocycles. The Morgan fingerprint density at radius 1 is 1.00 bits per heavy atom. The molecule has 2 aromatic rings. The molecular formula is C18H24N6O. The van der Waals surface area contributed by atoms with Crippen LogP contribution in [0.1, 0.15) is 25.5 Å². The van der Waals surface area contributed by atoms with Gasteiger partial charge in [-0.2, -0.15) is 5.10 Å². The van der Waals surface area contributed by atoms with Crippen molar-refractivity contribution in [3.05, 3.63) is 40.6 Å². The van der Waals surface area contributed by atoms with E-state index < -0.39 is 0 Å². The Kier molecular flexibility index (Phi) is 3.94. The summed E-state index contributed by atoms with van der Waals surface area (Å²) in [6.45, 7) is 8.30. The Labute approximate surface area is 147 Å². The highest BCUT2D eigenvalue weighted by Crippen LogP contribution is 2.35. The molecule has 0 amide bonds. The maximum absolute atomic E-state index is 11.5. The van der Waals surface area contributed by atoms with Gasteiger partial charge >= 0.3 is 0 Å². The molecule has 0 aliphatic carbocycles. The summed E-state index contributed by atoms with van der Waals surface area (Å²) in [5, 5.41) is 4.39. The monoisotopic (exact) mass is 340 g/mol. The number of hydrogen-bond acceptors (Lipinski definition) is 6. The lowest BCUT2D eigenvalue weighted by molar-refractivity contribution is 0.533. The quantitative estimate of drug-likeness (QED) is 0.838. The van der Waals surface area contributed by atoms with Gasteiger partial charge in [0.25, 0.3) is 5.56 Å². The first-order valence-electron chi connectivity index (χ1n) is 8.87. The van der Waals surface area contributed by atoms with Crippen LogP contribution in [-0.4, -0.2) is 45.9 Å². The second-order valence-corrected chi connectivity index (χ2v) is 7.44. The highest BCUT2D eigenvalue weighted by atomic mass is 16.1. The van der Waals surface area contributed by atoms with Gasteiger partial charge < -0.3 is 9.80 Å². The lowest BCUT2D eigenvalue weighted by Crippen LogP contribution is -2.31. The molecule has 2 unspecified atom stereocenters. The van der Waals surface area contributed by atoms with Crippen molar-refractivity contribution in [1.29, 1.82) is 0 Å². The molecule has 2 fully saturated rings. The Hall–Kier alpha value is -2.44. The zero-order valence-electron chi connectivity index (χ0n) is 15.0. The highest BCUT2D eigenvalue weighted by Gasteiger charge is 2.41. The summed E-state index contributed by atoms with van der Waals surface area (Å²) >= 11 is 0. The van der Waals surface area contributed by atoms with E-state index in [1.807, 2.05) is 6.07 Å². The third-order valence-electron chi connectivity index (χ3n) is 5.35. The Bertz CT molecular complexity index is 818. The first-order chi connectivity index (χ1) is 12.0. The number of aromatic nitrogens is 4. The maximum atomic E-state index is 11.5. The highest BCUT2D eigenvalue weighted by molar-refractivity contribution is 5.45. The molecule has 0 saturated carbocycles. The van der Waals surface area contributed by atoms with Crippen molar-refractivity contribution < 1.29 is 0 Å². The van der Waals surface area contributed by atoms with Crippen molar-refractivity contribution in [3.8, 4) is 0 Å². The summed E-state index contributed by atoms with van der Waals surface area (Å²) in [5.41, 5.74) is 1.03. The van der Waals surface area contributed by atoms with E-state index >= 15 is 0 Å². The summed E-state index contributed by atoms with van der Waals surface area (Å²) < 4.78 is 1.41. The average molecular weight is 340 g/mol. The van der Waals surface area contributed by atoms with Gasteiger partial charge in [0.05, 0.1) is 0 Å². The molecule has 0 aromatic carbocycles. The molecule has 2 aromatic heterocycles. The van der Waals surface area contributed by atoms with Gasteiger partial charge in [0.15, 0.2) is 0 Å². The van der Waals surface area contributed by atoms with Gasteiger partial charge in [0.1, 0.15) is 18.0 Å². The first kappa shape index (κ1) is 16.1. The summed E-state index contributed by atoms with van der Waals surface area (Å²) in [6, 6.07) is 5.55. The number of hydrogen-bond donors (Lipinski definition) is 0. The predicted octanol–water partition coefficient (Wildman–Crippen LogP) is 1.27. The van der Waals surface area contributed by atoms with E-state index in [9.17, 15) is 4.79 Å². The van der Waals surface area contributed by atoms with Crippen molar-refractivity contribution in [2.75, 3.05) is 36.0 Å². The number of aryl methyl sites for hydroxylation is 1. The predicted molar refractivity (Wildman–Crippen MR) is 97.0 cm³/mol. The van der Waals surface area contributed by atoms with Crippen LogP contribution in [-0.2, 0) is 7.05 Å². The van der Waals surface area contributed by atoms with Gasteiger partial charge in [0.2, 0.25) is 0 Å². The van der Waals surface area contributed by atoms with E-state index in [1.54, 1.807) is 19.4 Å². The van der Waals surface area contributed by atoms with E-state index in [0.29, 0.717) is 17.8 Å². The fourth-order valence-corrected chi connectivity index (χ4v) is 3.88. The minimum Gasteiger partial charge on any atom is -0.356 e. The third kappa shape index (κ3) is 2.99. The number of fused-ring (bicyclic) bond motifs is 1. The minimum absolute atomic E-state index is 0.0703. The summed E-state index contributed by atoms with van der Waals surface area (Å²) in [7, 11) is 1.70. The summed E-state index contributed by atoms with van der Waals surface area (Å²) in [6.07, 6.45) is 1.68. The molecule has 4 rings (SSSR count). The molecule has 2 saturated heterocycles. The zero-order chi connectivity index (χ0) is 17.6. The minimum atomic E-state index is -0.0703. The lowest BCUT2D eigenvalue weighted by Gasteiger charge is -2.23. The van der Waals surface area contributed by atoms with Gasteiger partial charge in [-0.1, -0.05) is 13.8 Å². The summed E-state index contributed by atoms with van der Waals surface area (Å²) in [5.74, 6) is 3.57. The Balaban J connectivity index is 1.46. The molecule has 0 radical (unpaired) electrons. The van der Waals surface area contributed by atoms with Crippen LogP contribution < -0.4 is 15.4 Å². The third-order valence-corrected chi connectivity index (χ3v) is 5.35. The van der Waals surface area contributed by atoms with E-state index in [0.717, 1.165) is 43.5 Å². The number of anilines is 2. The second-order valence-electron chi connectivity index (χ2n) is 7.44. The van der Waals surface area contributed by atoms with E-state index in [1.165, 1.54) is 4.68 Å². The van der Waals surface area contributed by atoms with Gasteiger partial charge in [-0.3, -0.25) is 4.79 Å². The largest absolute Gasteiger partial charge is 0.356 e. The van der Waals surface area contributed by atoms with Crippen LogP contribution in [0.5, 0.6) is 0 Å². The van der Waals surface area contributed by atoms with Crippen LogP contribution in [0.4, 0.5) is 11.6 Å². The van der Waals surface area contributed by atoms with Crippen LogP contribution in [0.2, 0.25) is 0 Å². The van der Waals surface area contributed by atoms with Gasteiger partial charge in [-0.05, 0) is 12.0 Å². The molecule has 4 heterocycles. The van der Waals surface area contributed by atoms with Crippen LogP contribution in [0, 0.1) is 11.8 Å². The SMILES string of the molecule is CC(C)c1cc(N2CC3CN(c4ccc(=O)n(C)n4)CC3C2)ncn1. The smallest absolute Gasteiger partial charge is 0.266 e. The normalized spacial score (nSPS) is 22.7. The topological polar surface area (TPSA) is 67.2 Å². The molecular weight excluding hydrogens is 316 g/mol.